The van der Waals surface area contributed by atoms with Gasteiger partial charge in [0, 0.05) is 42.7 Å². The highest BCUT2D eigenvalue weighted by molar-refractivity contribution is 6.24. The van der Waals surface area contributed by atoms with Crippen molar-refractivity contribution in [2.75, 3.05) is 6.54 Å². The van der Waals surface area contributed by atoms with Crippen LogP contribution in [-0.2, 0) is 20.8 Å². The number of hydrogen-bond acceptors (Lipinski definition) is 7. The van der Waals surface area contributed by atoms with Crippen molar-refractivity contribution >= 4 is 35.1 Å². The van der Waals surface area contributed by atoms with Gasteiger partial charge in [0.05, 0.1) is 10.5 Å². The molecule has 0 aliphatic heterocycles. The van der Waals surface area contributed by atoms with E-state index in [9.17, 15) is 47.2 Å². The second-order valence-electron chi connectivity index (χ2n) is 9.48. The molecule has 0 radical (unpaired) electrons. The Labute approximate surface area is 247 Å². The van der Waals surface area contributed by atoms with Gasteiger partial charge in [-0.1, -0.05) is 12.1 Å². The Morgan fingerprint density at radius 1 is 0.955 bits per heavy atom. The van der Waals surface area contributed by atoms with Crippen LogP contribution in [0, 0.1) is 40.3 Å². The molecule has 1 atom stereocenters. The highest BCUT2D eigenvalue weighted by Gasteiger charge is 2.27. The third-order valence-electron chi connectivity index (χ3n) is 6.44. The van der Waals surface area contributed by atoms with Gasteiger partial charge in [0.1, 0.15) is 17.6 Å². The lowest BCUT2D eigenvalue weighted by atomic mass is 9.98. The molecule has 0 aliphatic carbocycles. The van der Waals surface area contributed by atoms with Crippen LogP contribution in [-0.4, -0.2) is 45.5 Å². The molecule has 0 fully saturated rings. The zero-order valence-electron chi connectivity index (χ0n) is 23.0. The van der Waals surface area contributed by atoms with Crippen LogP contribution in [0.1, 0.15) is 35.1 Å². The van der Waals surface area contributed by atoms with Crippen LogP contribution in [0.15, 0.2) is 48.5 Å². The number of hydrogen-bond donors (Lipinski definition) is 5. The number of rotatable bonds is 12. The molecule has 3 aromatic rings. The smallest absolute Gasteiger partial charge is 0.269 e. The second kappa shape index (κ2) is 14.7. The van der Waals surface area contributed by atoms with Crippen LogP contribution >= 0.6 is 0 Å². The molecule has 0 heterocycles. The van der Waals surface area contributed by atoms with E-state index < -0.39 is 68.7 Å². The molecule has 0 aliphatic rings. The first-order chi connectivity index (χ1) is 20.8. The van der Waals surface area contributed by atoms with Crippen molar-refractivity contribution in [1.82, 2.24) is 16.1 Å². The summed E-state index contributed by atoms with van der Waals surface area (Å²) < 4.78 is 57.8. The number of non-ortho nitro benzene ring substituents is 1. The summed E-state index contributed by atoms with van der Waals surface area (Å²) in [5.74, 6) is -9.81. The summed E-state index contributed by atoms with van der Waals surface area (Å²) in [6.07, 6.45) is 0.415. The molecule has 0 saturated heterocycles. The van der Waals surface area contributed by atoms with Gasteiger partial charge in [0.25, 0.3) is 11.6 Å². The van der Waals surface area contributed by atoms with Crippen molar-refractivity contribution in [1.29, 1.82) is 0 Å². The Bertz CT molecular complexity index is 1570. The fourth-order valence-electron chi connectivity index (χ4n) is 4.04. The first-order valence-electron chi connectivity index (χ1n) is 12.9. The minimum atomic E-state index is -1.99. The first-order valence-corrected chi connectivity index (χ1v) is 12.9. The average molecular weight is 619 g/mol. The van der Waals surface area contributed by atoms with Crippen molar-refractivity contribution in [2.24, 2.45) is 0 Å². The van der Waals surface area contributed by atoms with Gasteiger partial charge in [0.15, 0.2) is 17.5 Å². The predicted molar refractivity (Wildman–Crippen MR) is 148 cm³/mol. The van der Waals surface area contributed by atoms with Crippen LogP contribution < -0.4 is 16.1 Å². The number of halogens is 4. The topological polar surface area (TPSA) is 171 Å². The number of nitrogens with zero attached hydrogens (tertiary/aromatic N) is 1. The fraction of sp³-hybridized carbons (Fsp3) is 0.207. The van der Waals surface area contributed by atoms with Gasteiger partial charge in [-0.25, -0.2) is 23.0 Å². The summed E-state index contributed by atoms with van der Waals surface area (Å²) in [6.45, 7) is 0.808. The lowest BCUT2D eigenvalue weighted by molar-refractivity contribution is -0.384. The van der Waals surface area contributed by atoms with Crippen LogP contribution in [0.2, 0.25) is 0 Å². The standard InChI is InChI=1S/C29H26F4N4O7/c1-15-24(30)21(26(32)27(33)25(15)31)14-20(17-6-8-18(9-7-17)37(43)44)28(40)35-22(13-16-4-10-19(38)11-5-16)29(41)34-12-2-3-23(39)36-42/h4-11,14,22,38,42H,2-3,12-13H2,1H3,(H,34,41)(H,35,40)(H,36,39). The molecule has 11 nitrogen and oxygen atoms in total. The van der Waals surface area contributed by atoms with E-state index in [1.165, 1.54) is 29.7 Å². The number of amides is 3. The number of carbonyl (C=O) groups is 3. The fourth-order valence-corrected chi connectivity index (χ4v) is 4.04. The average Bonchev–Trinajstić information content (AvgIpc) is 3.01. The van der Waals surface area contributed by atoms with E-state index in [1.54, 1.807) is 0 Å². The normalized spacial score (nSPS) is 11.9. The SMILES string of the molecule is Cc1c(F)c(F)c(F)c(C=C(C(=O)NC(Cc2ccc(O)cc2)C(=O)NCCCC(=O)NO)c2ccc([N+](=O)[O-])cc2)c1F. The van der Waals surface area contributed by atoms with Crippen molar-refractivity contribution in [3.63, 3.8) is 0 Å². The minimum absolute atomic E-state index is 0.0518. The molecule has 1 unspecified atom stereocenters. The van der Waals surface area contributed by atoms with Gasteiger partial charge in [-0.05, 0) is 54.8 Å². The molecule has 5 N–H and O–H groups in total. The Hall–Kier alpha value is -5.31. The molecule has 232 valence electrons. The van der Waals surface area contributed by atoms with E-state index >= 15 is 0 Å². The van der Waals surface area contributed by atoms with Gasteiger partial charge in [0.2, 0.25) is 11.8 Å². The number of aromatic hydroxyl groups is 1. The summed E-state index contributed by atoms with van der Waals surface area (Å²) in [4.78, 5) is 48.4. The number of nitro benzene ring substituents is 1. The Morgan fingerprint density at radius 3 is 2.18 bits per heavy atom. The molecule has 0 spiro atoms. The molecule has 3 rings (SSSR count). The summed E-state index contributed by atoms with van der Waals surface area (Å²) in [6, 6.07) is 8.43. The number of carbonyl (C=O) groups excluding carboxylic acids is 3. The van der Waals surface area contributed by atoms with Crippen LogP contribution in [0.5, 0.6) is 5.75 Å². The van der Waals surface area contributed by atoms with Crippen LogP contribution in [0.3, 0.4) is 0 Å². The Morgan fingerprint density at radius 2 is 1.59 bits per heavy atom. The molecule has 3 amide bonds. The predicted octanol–water partition coefficient (Wildman–Crippen LogP) is 3.84. The number of benzene rings is 3. The molecular weight excluding hydrogens is 592 g/mol. The Kier molecular flexibility index (Phi) is 11.1. The minimum Gasteiger partial charge on any atom is -0.508 e. The first kappa shape index (κ1) is 33.2. The number of phenols is 1. The van der Waals surface area contributed by atoms with Gasteiger partial charge < -0.3 is 15.7 Å². The maximum absolute atomic E-state index is 14.9. The highest BCUT2D eigenvalue weighted by atomic mass is 19.2. The number of phenolic OH excluding ortho intramolecular Hbond substituents is 1. The summed E-state index contributed by atoms with van der Waals surface area (Å²) in [5.41, 5.74) is -1.10. The lowest BCUT2D eigenvalue weighted by Crippen LogP contribution is -2.48. The maximum atomic E-state index is 14.9. The van der Waals surface area contributed by atoms with Crippen molar-refractivity contribution in [3.8, 4) is 5.75 Å². The highest BCUT2D eigenvalue weighted by Crippen LogP contribution is 2.29. The van der Waals surface area contributed by atoms with Crippen molar-refractivity contribution < 1.29 is 47.2 Å². The summed E-state index contributed by atoms with van der Waals surface area (Å²) >= 11 is 0. The summed E-state index contributed by atoms with van der Waals surface area (Å²) in [5, 5.41) is 34.3. The molecule has 3 aromatic carbocycles. The molecule has 44 heavy (non-hydrogen) atoms. The van der Waals surface area contributed by atoms with Gasteiger partial charge in [-0.3, -0.25) is 29.7 Å². The largest absolute Gasteiger partial charge is 0.508 e. The second-order valence-corrected chi connectivity index (χ2v) is 9.48. The van der Waals surface area contributed by atoms with E-state index in [1.807, 2.05) is 0 Å². The molecule has 0 bridgehead atoms. The number of nitrogens with one attached hydrogen (secondary N) is 3. The third-order valence-corrected chi connectivity index (χ3v) is 6.44. The molecule has 15 heteroatoms. The molecular formula is C29H26F4N4O7. The van der Waals surface area contributed by atoms with E-state index in [2.05, 4.69) is 10.6 Å². The zero-order chi connectivity index (χ0) is 32.6. The molecule has 0 aromatic heterocycles. The van der Waals surface area contributed by atoms with Crippen LogP contribution in [0.25, 0.3) is 11.6 Å². The Balaban J connectivity index is 2.03. The quantitative estimate of drug-likeness (QED) is 0.0236. The number of hydroxylamine groups is 1. The van der Waals surface area contributed by atoms with Gasteiger partial charge >= 0.3 is 0 Å². The van der Waals surface area contributed by atoms with E-state index in [0.29, 0.717) is 11.6 Å². The maximum Gasteiger partial charge on any atom is 0.269 e. The van der Waals surface area contributed by atoms with Crippen molar-refractivity contribution in [2.45, 2.75) is 32.2 Å². The zero-order valence-corrected chi connectivity index (χ0v) is 23.0. The monoisotopic (exact) mass is 618 g/mol. The summed E-state index contributed by atoms with van der Waals surface area (Å²) in [7, 11) is 0. The van der Waals surface area contributed by atoms with Crippen LogP contribution in [0.4, 0.5) is 23.2 Å². The van der Waals surface area contributed by atoms with Gasteiger partial charge in [-0.2, -0.15) is 0 Å². The van der Waals surface area contributed by atoms with Gasteiger partial charge in [-0.15, -0.1) is 0 Å². The lowest BCUT2D eigenvalue weighted by Gasteiger charge is -2.20. The number of nitro groups is 1. The van der Waals surface area contributed by atoms with Crippen molar-refractivity contribution in [3.05, 3.63) is 104 Å². The third kappa shape index (κ3) is 8.16. The molecule has 0 saturated carbocycles. The van der Waals surface area contributed by atoms with E-state index in [0.717, 1.165) is 31.2 Å². The van der Waals surface area contributed by atoms with E-state index in [-0.39, 0.29) is 42.8 Å². The van der Waals surface area contributed by atoms with E-state index in [4.69, 9.17) is 5.21 Å².